The van der Waals surface area contributed by atoms with Gasteiger partial charge in [0.15, 0.2) is 5.65 Å². The van der Waals surface area contributed by atoms with Crippen molar-refractivity contribution in [2.45, 2.75) is 12.7 Å². The fraction of sp³-hybridized carbons (Fsp3) is 0.125. The molecule has 0 aliphatic carbocycles. The summed E-state index contributed by atoms with van der Waals surface area (Å²) in [5.74, 6) is -1.93. The first kappa shape index (κ1) is 18.6. The lowest BCUT2D eigenvalue weighted by atomic mass is 10.3. The molecule has 4 aromatic heterocycles. The van der Waals surface area contributed by atoms with E-state index in [-0.39, 0.29) is 0 Å². The van der Waals surface area contributed by atoms with Crippen LogP contribution < -0.4 is 0 Å². The molecule has 0 saturated carbocycles. The summed E-state index contributed by atoms with van der Waals surface area (Å²) in [4.78, 5) is 22.2. The van der Waals surface area contributed by atoms with Crippen LogP contribution in [0.4, 0.5) is 13.2 Å². The van der Waals surface area contributed by atoms with E-state index in [0.717, 1.165) is 29.1 Å². The zero-order chi connectivity index (χ0) is 19.4. The Bertz CT molecular complexity index is 1030. The molecule has 7 nitrogen and oxygen atoms in total. The highest BCUT2D eigenvalue weighted by atomic mass is 32.1. The number of aromatic nitrogens is 5. The smallest absolute Gasteiger partial charge is 0.475 e. The number of H-pyrrole nitrogens is 1. The Kier molecular flexibility index (Phi) is 5.21. The van der Waals surface area contributed by atoms with Crippen molar-refractivity contribution in [2.24, 2.45) is 0 Å². The van der Waals surface area contributed by atoms with Crippen molar-refractivity contribution in [3.63, 3.8) is 0 Å². The molecule has 27 heavy (non-hydrogen) atoms. The summed E-state index contributed by atoms with van der Waals surface area (Å²) in [6.45, 7) is 0.749. The molecule has 0 aliphatic rings. The van der Waals surface area contributed by atoms with Gasteiger partial charge < -0.3 is 10.1 Å². The maximum Gasteiger partial charge on any atom is 0.490 e. The Labute approximate surface area is 154 Å². The summed E-state index contributed by atoms with van der Waals surface area (Å²) in [7, 11) is 0. The van der Waals surface area contributed by atoms with Gasteiger partial charge in [-0.3, -0.25) is 4.98 Å². The molecule has 0 saturated heterocycles. The van der Waals surface area contributed by atoms with Crippen LogP contribution in [-0.4, -0.2) is 42.0 Å². The van der Waals surface area contributed by atoms with Crippen LogP contribution in [-0.2, 0) is 11.3 Å². The summed E-state index contributed by atoms with van der Waals surface area (Å²) < 4.78 is 33.7. The molecule has 4 rings (SSSR count). The number of carbonyl (C=O) groups is 1. The van der Waals surface area contributed by atoms with Gasteiger partial charge in [-0.05, 0) is 23.6 Å². The molecule has 0 bridgehead atoms. The molecular formula is C16H12F3N5O2S. The molecule has 140 valence electrons. The normalized spacial score (nSPS) is 11.2. The number of thiophene rings is 1. The molecule has 0 unspecified atom stereocenters. The molecule has 2 N–H and O–H groups in total. The second-order valence-corrected chi connectivity index (χ2v) is 6.28. The van der Waals surface area contributed by atoms with Crippen LogP contribution in [0, 0.1) is 0 Å². The van der Waals surface area contributed by atoms with E-state index < -0.39 is 12.1 Å². The van der Waals surface area contributed by atoms with Gasteiger partial charge in [-0.15, -0.1) is 11.3 Å². The number of carboxylic acid groups (broad SMARTS) is 1. The molecule has 0 aromatic carbocycles. The molecular weight excluding hydrogens is 383 g/mol. The van der Waals surface area contributed by atoms with E-state index in [1.165, 1.54) is 4.88 Å². The van der Waals surface area contributed by atoms with Crippen LogP contribution in [0.5, 0.6) is 0 Å². The third kappa shape index (κ3) is 4.50. The molecule has 0 fully saturated rings. The van der Waals surface area contributed by atoms with Crippen LogP contribution >= 0.6 is 11.3 Å². The largest absolute Gasteiger partial charge is 0.490 e. The molecule has 11 heteroatoms. The maximum atomic E-state index is 10.6. The highest BCUT2D eigenvalue weighted by Crippen LogP contribution is 2.20. The first-order valence-corrected chi connectivity index (χ1v) is 8.37. The second kappa shape index (κ2) is 7.58. The van der Waals surface area contributed by atoms with Gasteiger partial charge in [-0.2, -0.15) is 18.3 Å². The third-order valence-electron chi connectivity index (χ3n) is 3.35. The Morgan fingerprint density at radius 1 is 1.26 bits per heavy atom. The molecule has 0 aliphatic heterocycles. The van der Waals surface area contributed by atoms with Gasteiger partial charge in [0.1, 0.15) is 11.3 Å². The molecule has 0 radical (unpaired) electrons. The second-order valence-electron chi connectivity index (χ2n) is 5.25. The van der Waals surface area contributed by atoms with Crippen molar-refractivity contribution < 1.29 is 23.1 Å². The zero-order valence-corrected chi connectivity index (χ0v) is 14.3. The first-order chi connectivity index (χ1) is 12.8. The minimum Gasteiger partial charge on any atom is -0.475 e. The average molecular weight is 395 g/mol. The van der Waals surface area contributed by atoms with E-state index in [1.54, 1.807) is 23.7 Å². The lowest BCUT2D eigenvalue weighted by Gasteiger charge is -1.98. The molecule has 0 amide bonds. The maximum absolute atomic E-state index is 10.6. The van der Waals surface area contributed by atoms with Gasteiger partial charge in [-0.25, -0.2) is 14.5 Å². The predicted octanol–water partition coefficient (Wildman–Crippen LogP) is 3.56. The number of aromatic amines is 1. The highest BCUT2D eigenvalue weighted by molar-refractivity contribution is 7.09. The lowest BCUT2D eigenvalue weighted by Crippen LogP contribution is -2.21. The minimum absolute atomic E-state index is 0.749. The van der Waals surface area contributed by atoms with Gasteiger partial charge in [0.25, 0.3) is 0 Å². The number of rotatable bonds is 3. The standard InChI is InChI=1S/C14H11N5S.C2HF3O2/c1-3-10(7-15-5-1)13-17-12-8-16-19(14(12)18-13)9-11-4-2-6-20-11;3-2(4,5)1(6)7/h1-8H,9H2,(H,17,18);(H,6,7). The van der Waals surface area contributed by atoms with Crippen LogP contribution in [0.3, 0.4) is 0 Å². The number of nitrogens with one attached hydrogen (secondary N) is 1. The number of hydrogen-bond acceptors (Lipinski definition) is 5. The fourth-order valence-electron chi connectivity index (χ4n) is 2.15. The quantitative estimate of drug-likeness (QED) is 0.553. The number of pyridine rings is 1. The summed E-state index contributed by atoms with van der Waals surface area (Å²) >= 11 is 1.72. The monoisotopic (exact) mass is 395 g/mol. The Hall–Kier alpha value is -3.21. The number of aliphatic carboxylic acids is 1. The lowest BCUT2D eigenvalue weighted by molar-refractivity contribution is -0.192. The molecule has 0 atom stereocenters. The minimum atomic E-state index is -5.08. The van der Waals surface area contributed by atoms with E-state index in [4.69, 9.17) is 9.90 Å². The number of nitrogens with zero attached hydrogens (tertiary/aromatic N) is 4. The number of alkyl halides is 3. The predicted molar refractivity (Wildman–Crippen MR) is 92.2 cm³/mol. The Morgan fingerprint density at radius 2 is 2.04 bits per heavy atom. The van der Waals surface area contributed by atoms with Gasteiger partial charge in [0, 0.05) is 22.8 Å². The number of carboxylic acids is 1. The van der Waals surface area contributed by atoms with Gasteiger partial charge in [-0.1, -0.05) is 6.07 Å². The summed E-state index contributed by atoms with van der Waals surface area (Å²) in [6.07, 6.45) is 0.287. The van der Waals surface area contributed by atoms with Crippen molar-refractivity contribution >= 4 is 28.5 Å². The van der Waals surface area contributed by atoms with Crippen LogP contribution in [0.2, 0.25) is 0 Å². The van der Waals surface area contributed by atoms with Gasteiger partial charge in [0.2, 0.25) is 0 Å². The summed E-state index contributed by atoms with van der Waals surface area (Å²) in [6, 6.07) is 8.04. The van der Waals surface area contributed by atoms with E-state index in [9.17, 15) is 13.2 Å². The van der Waals surface area contributed by atoms with Crippen molar-refractivity contribution in [1.29, 1.82) is 0 Å². The van der Waals surface area contributed by atoms with E-state index in [1.807, 2.05) is 29.1 Å². The van der Waals surface area contributed by atoms with Crippen molar-refractivity contribution in [2.75, 3.05) is 0 Å². The molecule has 0 spiro atoms. The molecule has 4 aromatic rings. The van der Waals surface area contributed by atoms with Gasteiger partial charge >= 0.3 is 12.1 Å². The average Bonchev–Trinajstić information content (AvgIpc) is 3.34. The zero-order valence-electron chi connectivity index (χ0n) is 13.5. The van der Waals surface area contributed by atoms with Crippen LogP contribution in [0.25, 0.3) is 22.6 Å². The SMILES string of the molecule is O=C(O)C(F)(F)F.c1cncc(-c2nc3c(cnn3Cc3cccs3)[nH]2)c1. The first-order valence-electron chi connectivity index (χ1n) is 7.49. The summed E-state index contributed by atoms with van der Waals surface area (Å²) in [5, 5.41) is 13.6. The Balaban J connectivity index is 0.000000260. The number of hydrogen-bond donors (Lipinski definition) is 2. The fourth-order valence-corrected chi connectivity index (χ4v) is 2.84. The van der Waals surface area contributed by atoms with Crippen molar-refractivity contribution in [3.05, 3.63) is 53.1 Å². The third-order valence-corrected chi connectivity index (χ3v) is 4.21. The number of halogens is 3. The van der Waals surface area contributed by atoms with Crippen LogP contribution in [0.1, 0.15) is 4.88 Å². The van der Waals surface area contributed by atoms with E-state index >= 15 is 0 Å². The number of fused-ring (bicyclic) bond motifs is 1. The van der Waals surface area contributed by atoms with Crippen molar-refractivity contribution in [1.82, 2.24) is 24.7 Å². The summed E-state index contributed by atoms with van der Waals surface area (Å²) in [5.41, 5.74) is 2.80. The van der Waals surface area contributed by atoms with Crippen molar-refractivity contribution in [3.8, 4) is 11.4 Å². The highest BCUT2D eigenvalue weighted by Gasteiger charge is 2.38. The topological polar surface area (TPSA) is 96.7 Å². The number of imidazole rings is 1. The van der Waals surface area contributed by atoms with Crippen LogP contribution in [0.15, 0.2) is 48.2 Å². The van der Waals surface area contributed by atoms with Gasteiger partial charge in [0.05, 0.1) is 12.7 Å². The van der Waals surface area contributed by atoms with E-state index in [0.29, 0.717) is 0 Å². The Morgan fingerprint density at radius 3 is 2.63 bits per heavy atom. The van der Waals surface area contributed by atoms with E-state index in [2.05, 4.69) is 31.5 Å². The molecule has 4 heterocycles.